The molecule has 0 heterocycles. The van der Waals surface area contributed by atoms with Crippen LogP contribution in [-0.4, -0.2) is 18.2 Å². The Morgan fingerprint density at radius 3 is 2.47 bits per heavy atom. The molecular weight excluding hydrogens is 247 g/mol. The number of ether oxygens (including phenoxy) is 1. The van der Waals surface area contributed by atoms with Crippen LogP contribution in [0.3, 0.4) is 0 Å². The molecule has 1 aliphatic carbocycles. The third-order valence-electron chi connectivity index (χ3n) is 4.18. The molecule has 0 bridgehead atoms. The molecule has 0 atom stereocenters. The second-order valence-corrected chi connectivity index (χ2v) is 5.20. The van der Waals surface area contributed by atoms with Gasteiger partial charge >= 0.3 is 5.97 Å². The first-order chi connectivity index (χ1) is 9.03. The third kappa shape index (κ3) is 2.20. The van der Waals surface area contributed by atoms with E-state index in [0.29, 0.717) is 29.7 Å². The van der Waals surface area contributed by atoms with Crippen LogP contribution < -0.4 is 4.74 Å². The molecule has 0 spiro atoms. The van der Waals surface area contributed by atoms with Crippen LogP contribution in [0.15, 0.2) is 12.1 Å². The minimum Gasteiger partial charge on any atom is -0.496 e. The Kier molecular flexibility index (Phi) is 3.78. The van der Waals surface area contributed by atoms with Crippen molar-refractivity contribution in [1.82, 2.24) is 0 Å². The van der Waals surface area contributed by atoms with E-state index in [1.165, 1.54) is 13.2 Å². The number of carboxylic acids is 1. The summed E-state index contributed by atoms with van der Waals surface area (Å²) in [7, 11) is 1.51. The highest BCUT2D eigenvalue weighted by atomic mass is 19.1. The Bertz CT molecular complexity index is 490. The number of hydrogen-bond acceptors (Lipinski definition) is 2. The van der Waals surface area contributed by atoms with Gasteiger partial charge in [-0.15, -0.1) is 0 Å². The van der Waals surface area contributed by atoms with Crippen LogP contribution >= 0.6 is 0 Å². The van der Waals surface area contributed by atoms with Crippen LogP contribution in [0.2, 0.25) is 0 Å². The van der Waals surface area contributed by atoms with Gasteiger partial charge in [0.1, 0.15) is 11.6 Å². The first-order valence-electron chi connectivity index (χ1n) is 6.60. The second kappa shape index (κ2) is 5.19. The smallest absolute Gasteiger partial charge is 0.314 e. The Balaban J connectivity index is 2.62. The fourth-order valence-electron chi connectivity index (χ4n) is 3.19. The van der Waals surface area contributed by atoms with Gasteiger partial charge in [-0.2, -0.15) is 0 Å². The number of rotatable bonds is 3. The molecule has 19 heavy (non-hydrogen) atoms. The van der Waals surface area contributed by atoms with Gasteiger partial charge in [-0.05, 0) is 37.5 Å². The molecule has 104 valence electrons. The molecule has 0 saturated heterocycles. The lowest BCUT2D eigenvalue weighted by Crippen LogP contribution is -2.39. The van der Waals surface area contributed by atoms with Crippen molar-refractivity contribution >= 4 is 5.97 Å². The zero-order valence-corrected chi connectivity index (χ0v) is 11.3. The normalized spacial score (nSPS) is 18.1. The van der Waals surface area contributed by atoms with E-state index >= 15 is 0 Å². The topological polar surface area (TPSA) is 46.5 Å². The Morgan fingerprint density at radius 1 is 1.32 bits per heavy atom. The van der Waals surface area contributed by atoms with Crippen molar-refractivity contribution in [1.29, 1.82) is 0 Å². The van der Waals surface area contributed by atoms with Gasteiger partial charge < -0.3 is 9.84 Å². The summed E-state index contributed by atoms with van der Waals surface area (Å²) in [5, 5.41) is 9.65. The third-order valence-corrected chi connectivity index (χ3v) is 4.18. The van der Waals surface area contributed by atoms with Crippen LogP contribution in [0.5, 0.6) is 5.75 Å². The predicted molar refractivity (Wildman–Crippen MR) is 70.1 cm³/mol. The van der Waals surface area contributed by atoms with Gasteiger partial charge in [0.05, 0.1) is 12.5 Å². The van der Waals surface area contributed by atoms with Gasteiger partial charge in [0.15, 0.2) is 0 Å². The molecule has 0 unspecified atom stereocenters. The van der Waals surface area contributed by atoms with Gasteiger partial charge in [-0.1, -0.05) is 19.3 Å². The number of carbonyl (C=O) groups is 1. The summed E-state index contributed by atoms with van der Waals surface area (Å²) < 4.78 is 19.4. The van der Waals surface area contributed by atoms with Gasteiger partial charge in [0.2, 0.25) is 0 Å². The zero-order valence-electron chi connectivity index (χ0n) is 11.3. The lowest BCUT2D eigenvalue weighted by molar-refractivity contribution is -0.145. The van der Waals surface area contributed by atoms with Crippen LogP contribution in [0.25, 0.3) is 0 Å². The van der Waals surface area contributed by atoms with Crippen LogP contribution in [0.4, 0.5) is 4.39 Å². The number of carboxylic acid groups (broad SMARTS) is 1. The Labute approximate surface area is 112 Å². The van der Waals surface area contributed by atoms with E-state index in [9.17, 15) is 14.3 Å². The average Bonchev–Trinajstić information content (AvgIpc) is 2.40. The fourth-order valence-corrected chi connectivity index (χ4v) is 3.19. The van der Waals surface area contributed by atoms with Gasteiger partial charge in [0.25, 0.3) is 0 Å². The molecule has 4 heteroatoms. The maximum absolute atomic E-state index is 14.2. The summed E-state index contributed by atoms with van der Waals surface area (Å²) in [5.74, 6) is -0.826. The van der Waals surface area contributed by atoms with E-state index in [0.717, 1.165) is 19.3 Å². The molecule has 3 nitrogen and oxygen atoms in total. The van der Waals surface area contributed by atoms with Crippen LogP contribution in [0, 0.1) is 12.7 Å². The summed E-state index contributed by atoms with van der Waals surface area (Å²) >= 11 is 0. The summed E-state index contributed by atoms with van der Waals surface area (Å²) in [6.07, 6.45) is 3.64. The van der Waals surface area contributed by atoms with Crippen molar-refractivity contribution in [2.45, 2.75) is 44.4 Å². The quantitative estimate of drug-likeness (QED) is 0.911. The zero-order chi connectivity index (χ0) is 14.0. The first-order valence-corrected chi connectivity index (χ1v) is 6.60. The highest BCUT2D eigenvalue weighted by Gasteiger charge is 2.44. The molecule has 0 amide bonds. The Morgan fingerprint density at radius 2 is 1.95 bits per heavy atom. The summed E-state index contributed by atoms with van der Waals surface area (Å²) in [4.78, 5) is 11.8. The average molecular weight is 266 g/mol. The van der Waals surface area contributed by atoms with Crippen LogP contribution in [-0.2, 0) is 10.2 Å². The number of halogens is 1. The molecule has 1 aromatic carbocycles. The molecule has 2 rings (SSSR count). The number of aliphatic carboxylic acids is 1. The molecular formula is C15H19FO3. The lowest BCUT2D eigenvalue weighted by atomic mass is 9.68. The molecule has 1 aliphatic rings. The maximum atomic E-state index is 14.2. The van der Waals surface area contributed by atoms with Gasteiger partial charge in [0, 0.05) is 5.56 Å². The van der Waals surface area contributed by atoms with Crippen molar-refractivity contribution in [3.8, 4) is 5.75 Å². The van der Waals surface area contributed by atoms with Crippen molar-refractivity contribution in [3.05, 3.63) is 29.1 Å². The number of methoxy groups -OCH3 is 1. The minimum absolute atomic E-state index is 0.305. The number of hydrogen-bond donors (Lipinski definition) is 1. The van der Waals surface area contributed by atoms with Crippen molar-refractivity contribution in [3.63, 3.8) is 0 Å². The van der Waals surface area contributed by atoms with Gasteiger partial charge in [-0.25, -0.2) is 4.39 Å². The molecule has 0 aromatic heterocycles. The predicted octanol–water partition coefficient (Wildman–Crippen LogP) is 3.43. The van der Waals surface area contributed by atoms with E-state index < -0.39 is 17.2 Å². The second-order valence-electron chi connectivity index (χ2n) is 5.20. The summed E-state index contributed by atoms with van der Waals surface area (Å²) in [5.41, 5.74) is -0.188. The van der Waals surface area contributed by atoms with E-state index in [-0.39, 0.29) is 0 Å². The minimum atomic E-state index is -1.10. The highest BCUT2D eigenvalue weighted by Crippen LogP contribution is 2.44. The maximum Gasteiger partial charge on any atom is 0.314 e. The summed E-state index contributed by atoms with van der Waals surface area (Å²) in [6.45, 7) is 1.73. The fraction of sp³-hybridized carbons (Fsp3) is 0.533. The van der Waals surface area contributed by atoms with Crippen molar-refractivity contribution in [2.24, 2.45) is 0 Å². The van der Waals surface area contributed by atoms with E-state index in [2.05, 4.69) is 0 Å². The van der Waals surface area contributed by atoms with Crippen molar-refractivity contribution in [2.75, 3.05) is 7.11 Å². The number of benzene rings is 1. The standard InChI is InChI=1S/C15H19FO3/c1-10-12(19-2)7-6-11(16)13(10)15(14(17)18)8-4-3-5-9-15/h6-7H,3-5,8-9H2,1-2H3,(H,17,18). The lowest BCUT2D eigenvalue weighted by Gasteiger charge is -2.35. The molecule has 0 aliphatic heterocycles. The molecule has 1 saturated carbocycles. The molecule has 1 N–H and O–H groups in total. The SMILES string of the molecule is COc1ccc(F)c(C2(C(=O)O)CCCCC2)c1C. The monoisotopic (exact) mass is 266 g/mol. The van der Waals surface area contributed by atoms with Gasteiger partial charge in [-0.3, -0.25) is 4.79 Å². The van der Waals surface area contributed by atoms with E-state index in [1.54, 1.807) is 13.0 Å². The molecule has 1 fully saturated rings. The first kappa shape index (κ1) is 13.8. The largest absolute Gasteiger partial charge is 0.496 e. The highest BCUT2D eigenvalue weighted by molar-refractivity contribution is 5.82. The van der Waals surface area contributed by atoms with E-state index in [4.69, 9.17) is 4.74 Å². The van der Waals surface area contributed by atoms with Crippen LogP contribution in [0.1, 0.15) is 43.2 Å². The molecule has 0 radical (unpaired) electrons. The molecule has 1 aromatic rings. The van der Waals surface area contributed by atoms with Crippen molar-refractivity contribution < 1.29 is 19.0 Å². The summed E-state index contributed by atoms with van der Waals surface area (Å²) in [6, 6.07) is 2.85. The Hall–Kier alpha value is -1.58. The van der Waals surface area contributed by atoms with E-state index in [1.807, 2.05) is 0 Å².